The minimum Gasteiger partial charge on any atom is -0.235 e. The molecule has 0 saturated carbocycles. The van der Waals surface area contributed by atoms with Gasteiger partial charge >= 0.3 is 0 Å². The van der Waals surface area contributed by atoms with Gasteiger partial charge in [0.1, 0.15) is 5.15 Å². The van der Waals surface area contributed by atoms with Gasteiger partial charge in [-0.2, -0.15) is 0 Å². The predicted molar refractivity (Wildman–Crippen MR) is 82.1 cm³/mol. The molecule has 19 heavy (non-hydrogen) atoms. The van der Waals surface area contributed by atoms with Crippen LogP contribution in [0.2, 0.25) is 5.15 Å². The maximum Gasteiger partial charge on any atom is 0.133 e. The van der Waals surface area contributed by atoms with Crippen LogP contribution in [0.1, 0.15) is 50.3 Å². The summed E-state index contributed by atoms with van der Waals surface area (Å²) in [5, 5.41) is 1.90. The number of fused-ring (bicyclic) bond motifs is 3. The van der Waals surface area contributed by atoms with Crippen molar-refractivity contribution in [2.75, 3.05) is 0 Å². The normalized spacial score (nSPS) is 15.6. The molecule has 0 atom stereocenters. The maximum absolute atomic E-state index is 6.42. The van der Waals surface area contributed by atoms with Crippen LogP contribution < -0.4 is 0 Å². The lowest BCUT2D eigenvalue weighted by molar-refractivity contribution is 0.589. The quantitative estimate of drug-likeness (QED) is 0.611. The minimum atomic E-state index is 0.0359. The van der Waals surface area contributed by atoms with Crippen LogP contribution in [0.4, 0.5) is 0 Å². The first-order valence-electron chi connectivity index (χ1n) is 7.08. The summed E-state index contributed by atoms with van der Waals surface area (Å²) in [5.41, 5.74) is 5.18. The van der Waals surface area contributed by atoms with E-state index in [4.69, 9.17) is 16.6 Å². The second-order valence-electron chi connectivity index (χ2n) is 6.56. The van der Waals surface area contributed by atoms with Gasteiger partial charge in [0, 0.05) is 5.39 Å². The summed E-state index contributed by atoms with van der Waals surface area (Å²) in [6.45, 7) is 6.54. The van der Waals surface area contributed by atoms with Crippen LogP contribution in [0, 0.1) is 0 Å². The van der Waals surface area contributed by atoms with Crippen LogP contribution in [0.3, 0.4) is 0 Å². The first-order valence-corrected chi connectivity index (χ1v) is 7.46. The zero-order valence-electron chi connectivity index (χ0n) is 11.9. The molecule has 1 aliphatic carbocycles. The van der Waals surface area contributed by atoms with Gasteiger partial charge in [-0.25, -0.2) is 4.98 Å². The lowest BCUT2D eigenvalue weighted by Crippen LogP contribution is -2.13. The number of benzene rings is 1. The SMILES string of the molecule is CC(C)(C)c1cc2ccc3c(c2nc1Cl)CCCC3. The number of rotatable bonds is 0. The molecule has 100 valence electrons. The van der Waals surface area contributed by atoms with E-state index in [1.165, 1.54) is 35.8 Å². The Hall–Kier alpha value is -1.08. The third kappa shape index (κ3) is 2.25. The Labute approximate surface area is 120 Å². The van der Waals surface area contributed by atoms with E-state index < -0.39 is 0 Å². The van der Waals surface area contributed by atoms with E-state index in [9.17, 15) is 0 Å². The summed E-state index contributed by atoms with van der Waals surface area (Å²) in [6, 6.07) is 6.70. The monoisotopic (exact) mass is 273 g/mol. The number of hydrogen-bond donors (Lipinski definition) is 0. The summed E-state index contributed by atoms with van der Waals surface area (Å²) >= 11 is 6.42. The molecular formula is C17H20ClN. The Kier molecular flexibility index (Phi) is 3.05. The van der Waals surface area contributed by atoms with Crippen molar-refractivity contribution in [3.8, 4) is 0 Å². The van der Waals surface area contributed by atoms with E-state index in [1.807, 2.05) is 0 Å². The highest BCUT2D eigenvalue weighted by molar-refractivity contribution is 6.30. The highest BCUT2D eigenvalue weighted by Gasteiger charge is 2.21. The molecule has 1 aliphatic rings. The van der Waals surface area contributed by atoms with Gasteiger partial charge in [0.25, 0.3) is 0 Å². The predicted octanol–water partition coefficient (Wildman–Crippen LogP) is 5.06. The van der Waals surface area contributed by atoms with Gasteiger partial charge in [0.2, 0.25) is 0 Å². The Morgan fingerprint density at radius 1 is 1.11 bits per heavy atom. The van der Waals surface area contributed by atoms with Gasteiger partial charge < -0.3 is 0 Å². The number of pyridine rings is 1. The van der Waals surface area contributed by atoms with Crippen LogP contribution in [0.15, 0.2) is 18.2 Å². The van der Waals surface area contributed by atoms with Crippen molar-refractivity contribution in [3.63, 3.8) is 0 Å². The molecule has 1 nitrogen and oxygen atoms in total. The number of aromatic nitrogens is 1. The van der Waals surface area contributed by atoms with Crippen molar-refractivity contribution < 1.29 is 0 Å². The fourth-order valence-corrected chi connectivity index (χ4v) is 3.40. The largest absolute Gasteiger partial charge is 0.235 e. The molecule has 0 unspecified atom stereocenters. The average molecular weight is 274 g/mol. The number of halogens is 1. The Bertz CT molecular complexity index is 638. The second kappa shape index (κ2) is 4.49. The summed E-state index contributed by atoms with van der Waals surface area (Å²) in [4.78, 5) is 4.72. The van der Waals surface area contributed by atoms with Crippen LogP contribution in [0.25, 0.3) is 10.9 Å². The van der Waals surface area contributed by atoms with Crippen molar-refractivity contribution in [2.45, 2.75) is 51.9 Å². The molecule has 2 heteroatoms. The highest BCUT2D eigenvalue weighted by Crippen LogP contribution is 2.34. The van der Waals surface area contributed by atoms with Crippen molar-refractivity contribution in [1.82, 2.24) is 4.98 Å². The molecular weight excluding hydrogens is 254 g/mol. The standard InChI is InChI=1S/C17H20ClN/c1-17(2,3)14-10-12-9-8-11-6-4-5-7-13(11)15(12)19-16(14)18/h8-10H,4-7H2,1-3H3. The van der Waals surface area contributed by atoms with Crippen LogP contribution in [-0.4, -0.2) is 4.98 Å². The molecule has 0 bridgehead atoms. The summed E-state index contributed by atoms with van der Waals surface area (Å²) < 4.78 is 0. The third-order valence-electron chi connectivity index (χ3n) is 4.07. The Morgan fingerprint density at radius 2 is 1.84 bits per heavy atom. The maximum atomic E-state index is 6.42. The summed E-state index contributed by atoms with van der Waals surface area (Å²) in [6.07, 6.45) is 4.90. The smallest absolute Gasteiger partial charge is 0.133 e. The molecule has 0 fully saturated rings. The molecule has 0 radical (unpaired) electrons. The van der Waals surface area contributed by atoms with E-state index >= 15 is 0 Å². The van der Waals surface area contributed by atoms with Crippen LogP contribution >= 0.6 is 11.6 Å². The highest BCUT2D eigenvalue weighted by atomic mass is 35.5. The fourth-order valence-electron chi connectivity index (χ4n) is 2.97. The molecule has 2 aromatic rings. The number of aryl methyl sites for hydroxylation is 2. The lowest BCUT2D eigenvalue weighted by Gasteiger charge is -2.22. The molecule has 0 saturated heterocycles. The summed E-state index contributed by atoms with van der Waals surface area (Å²) in [5.74, 6) is 0. The van der Waals surface area contributed by atoms with Crippen LogP contribution in [0.5, 0.6) is 0 Å². The lowest BCUT2D eigenvalue weighted by atomic mass is 9.85. The van der Waals surface area contributed by atoms with E-state index in [0.29, 0.717) is 5.15 Å². The minimum absolute atomic E-state index is 0.0359. The van der Waals surface area contributed by atoms with E-state index in [2.05, 4.69) is 39.0 Å². The molecule has 0 spiro atoms. The topological polar surface area (TPSA) is 12.9 Å². The van der Waals surface area contributed by atoms with Gasteiger partial charge in [0.15, 0.2) is 0 Å². The van der Waals surface area contributed by atoms with Crippen molar-refractivity contribution in [3.05, 3.63) is 40.0 Å². The molecule has 1 aromatic carbocycles. The van der Waals surface area contributed by atoms with Crippen molar-refractivity contribution in [2.24, 2.45) is 0 Å². The number of hydrogen-bond acceptors (Lipinski definition) is 1. The Morgan fingerprint density at radius 3 is 2.58 bits per heavy atom. The van der Waals surface area contributed by atoms with E-state index in [-0.39, 0.29) is 5.41 Å². The summed E-state index contributed by atoms with van der Waals surface area (Å²) in [7, 11) is 0. The Balaban J connectivity index is 2.27. The van der Waals surface area contributed by atoms with Crippen LogP contribution in [-0.2, 0) is 18.3 Å². The fraction of sp³-hybridized carbons (Fsp3) is 0.471. The zero-order valence-corrected chi connectivity index (χ0v) is 12.6. The first-order chi connectivity index (χ1) is 8.97. The number of nitrogens with zero attached hydrogens (tertiary/aromatic N) is 1. The molecule has 1 heterocycles. The molecule has 0 amide bonds. The van der Waals surface area contributed by atoms with Gasteiger partial charge in [0.05, 0.1) is 5.52 Å². The van der Waals surface area contributed by atoms with E-state index in [0.717, 1.165) is 17.5 Å². The van der Waals surface area contributed by atoms with Gasteiger partial charge in [-0.1, -0.05) is 44.5 Å². The van der Waals surface area contributed by atoms with E-state index in [1.54, 1.807) is 0 Å². The second-order valence-corrected chi connectivity index (χ2v) is 6.92. The molecule has 0 aliphatic heterocycles. The zero-order chi connectivity index (χ0) is 13.6. The van der Waals surface area contributed by atoms with Crippen molar-refractivity contribution in [1.29, 1.82) is 0 Å². The van der Waals surface area contributed by atoms with Gasteiger partial charge in [-0.3, -0.25) is 0 Å². The average Bonchev–Trinajstić information content (AvgIpc) is 2.36. The molecule has 0 N–H and O–H groups in total. The third-order valence-corrected chi connectivity index (χ3v) is 4.36. The van der Waals surface area contributed by atoms with Crippen molar-refractivity contribution >= 4 is 22.5 Å². The molecule has 1 aromatic heterocycles. The van der Waals surface area contributed by atoms with Gasteiger partial charge in [-0.15, -0.1) is 0 Å². The first kappa shape index (κ1) is 12.9. The molecule has 3 rings (SSSR count). The van der Waals surface area contributed by atoms with Gasteiger partial charge in [-0.05, 0) is 53.9 Å².